The van der Waals surface area contributed by atoms with Crippen LogP contribution in [0.4, 0.5) is 13.2 Å². The molecule has 186 valence electrons. The summed E-state index contributed by atoms with van der Waals surface area (Å²) in [7, 11) is 0. The van der Waals surface area contributed by atoms with Crippen molar-refractivity contribution in [3.63, 3.8) is 0 Å². The Morgan fingerprint density at radius 3 is 2.26 bits per heavy atom. The minimum Gasteiger partial charge on any atom is -0.489 e. The summed E-state index contributed by atoms with van der Waals surface area (Å²) in [5.74, 6) is -2.74. The fourth-order valence-electron chi connectivity index (χ4n) is 3.59. The van der Waals surface area contributed by atoms with E-state index in [2.05, 4.69) is 9.97 Å². The average Bonchev–Trinajstić information content (AvgIpc) is 2.81. The van der Waals surface area contributed by atoms with Crippen molar-refractivity contribution in [1.29, 1.82) is 0 Å². The van der Waals surface area contributed by atoms with Gasteiger partial charge in [-0.25, -0.2) is 0 Å². The first-order valence-electron chi connectivity index (χ1n) is 10.7. The van der Waals surface area contributed by atoms with Crippen molar-refractivity contribution < 1.29 is 32.9 Å². The van der Waals surface area contributed by atoms with Crippen molar-refractivity contribution in [1.82, 2.24) is 9.97 Å². The topological polar surface area (TPSA) is 92.5 Å². The zero-order valence-electron chi connectivity index (χ0n) is 19.2. The zero-order chi connectivity index (χ0) is 26.0. The first kappa shape index (κ1) is 26.4. The number of aromatic nitrogens is 2. The maximum absolute atomic E-state index is 14.1. The summed E-state index contributed by atoms with van der Waals surface area (Å²) in [6.07, 6.45) is -2.97. The largest absolute Gasteiger partial charge is 0.489 e. The van der Waals surface area contributed by atoms with Gasteiger partial charge < -0.3 is 14.9 Å². The van der Waals surface area contributed by atoms with Crippen molar-refractivity contribution in [2.75, 3.05) is 0 Å². The Kier molecular flexibility index (Phi) is 7.71. The number of carboxylic acid groups (broad SMARTS) is 1. The normalized spacial score (nSPS) is 15.2. The number of alkyl halides is 3. The van der Waals surface area contributed by atoms with Gasteiger partial charge in [0.25, 0.3) is 0 Å². The van der Waals surface area contributed by atoms with Gasteiger partial charge in [-0.2, -0.15) is 13.2 Å². The molecule has 0 aliphatic rings. The van der Waals surface area contributed by atoms with Gasteiger partial charge in [0.15, 0.2) is 0 Å². The Balaban J connectivity index is 1.80. The molecule has 2 aromatic carbocycles. The highest BCUT2D eigenvalue weighted by Gasteiger charge is 2.60. The Labute approximate surface area is 205 Å². The van der Waals surface area contributed by atoms with Crippen molar-refractivity contribution >= 4 is 17.6 Å². The van der Waals surface area contributed by atoms with Gasteiger partial charge in [0.1, 0.15) is 18.1 Å². The first-order chi connectivity index (χ1) is 16.3. The lowest BCUT2D eigenvalue weighted by molar-refractivity contribution is -0.276. The summed E-state index contributed by atoms with van der Waals surface area (Å²) in [5.41, 5.74) is -2.04. The van der Waals surface area contributed by atoms with E-state index in [-0.39, 0.29) is 17.2 Å². The molecule has 3 aromatic rings. The fourth-order valence-corrected chi connectivity index (χ4v) is 3.92. The lowest BCUT2D eigenvalue weighted by Gasteiger charge is -2.35. The van der Waals surface area contributed by atoms with E-state index in [1.165, 1.54) is 25.1 Å². The molecule has 0 fully saturated rings. The number of aryl methyl sites for hydroxylation is 1. The predicted molar refractivity (Wildman–Crippen MR) is 123 cm³/mol. The minimum absolute atomic E-state index is 0.0108. The van der Waals surface area contributed by atoms with Crippen LogP contribution in [0.3, 0.4) is 0 Å². The van der Waals surface area contributed by atoms with Crippen LogP contribution in [-0.2, 0) is 17.0 Å². The van der Waals surface area contributed by atoms with Crippen LogP contribution in [0.2, 0.25) is 5.02 Å². The third-order valence-corrected chi connectivity index (χ3v) is 6.25. The van der Waals surface area contributed by atoms with Gasteiger partial charge in [0.05, 0.1) is 17.8 Å². The fraction of sp³-hybridized carbons (Fsp3) is 0.320. The van der Waals surface area contributed by atoms with Crippen LogP contribution >= 0.6 is 11.6 Å². The molecule has 0 saturated carbocycles. The van der Waals surface area contributed by atoms with Gasteiger partial charge in [-0.15, -0.1) is 0 Å². The standard InChI is InChI=1S/C25H24ClF3N2O4/c1-14-11-31-22(12-30-14)24(34,25(27,28)29)16(3)20-9-8-19(10-21(20)26)35-13-17-4-6-18(7-5-17)15(2)23(32)33/h4-12,15-16,34H,13H2,1-3H3,(H,32,33). The number of rotatable bonds is 8. The number of aliphatic hydroxyl groups is 1. The first-order valence-corrected chi connectivity index (χ1v) is 11.0. The van der Waals surface area contributed by atoms with Crippen LogP contribution in [0.15, 0.2) is 54.9 Å². The van der Waals surface area contributed by atoms with E-state index >= 15 is 0 Å². The number of ether oxygens (including phenoxy) is 1. The molecule has 1 aromatic heterocycles. The van der Waals surface area contributed by atoms with Gasteiger partial charge in [-0.3, -0.25) is 14.8 Å². The molecule has 6 nitrogen and oxygen atoms in total. The molecular weight excluding hydrogens is 485 g/mol. The van der Waals surface area contributed by atoms with Crippen molar-refractivity contribution in [3.8, 4) is 5.75 Å². The Bertz CT molecular complexity index is 1190. The van der Waals surface area contributed by atoms with Gasteiger partial charge in [-0.05, 0) is 42.7 Å². The molecule has 0 aliphatic heterocycles. The van der Waals surface area contributed by atoms with E-state index in [0.29, 0.717) is 17.0 Å². The molecule has 0 saturated heterocycles. The molecule has 0 aliphatic carbocycles. The maximum atomic E-state index is 14.1. The third-order valence-electron chi connectivity index (χ3n) is 5.92. The number of aliphatic carboxylic acids is 1. The number of nitrogens with zero attached hydrogens (tertiary/aromatic N) is 2. The summed E-state index contributed by atoms with van der Waals surface area (Å²) < 4.78 is 47.8. The molecule has 10 heteroatoms. The number of halogens is 4. The zero-order valence-corrected chi connectivity index (χ0v) is 19.9. The van der Waals surface area contributed by atoms with Gasteiger partial charge in [-0.1, -0.05) is 48.9 Å². The lowest BCUT2D eigenvalue weighted by Crippen LogP contribution is -2.47. The molecular formula is C25H24ClF3N2O4. The van der Waals surface area contributed by atoms with Crippen LogP contribution in [0.1, 0.15) is 53.8 Å². The van der Waals surface area contributed by atoms with Gasteiger partial charge >= 0.3 is 12.1 Å². The monoisotopic (exact) mass is 508 g/mol. The lowest BCUT2D eigenvalue weighted by atomic mass is 9.80. The molecule has 0 bridgehead atoms. The van der Waals surface area contributed by atoms with Crippen molar-refractivity contribution in [2.45, 2.75) is 51.0 Å². The van der Waals surface area contributed by atoms with Crippen LogP contribution < -0.4 is 4.74 Å². The summed E-state index contributed by atoms with van der Waals surface area (Å²) in [6.45, 7) is 4.52. The molecule has 3 atom stereocenters. The quantitative estimate of drug-likeness (QED) is 0.402. The highest BCUT2D eigenvalue weighted by Crippen LogP contribution is 2.49. The predicted octanol–water partition coefficient (Wildman–Crippen LogP) is 5.76. The smallest absolute Gasteiger partial charge is 0.423 e. The second-order valence-corrected chi connectivity index (χ2v) is 8.71. The van der Waals surface area contributed by atoms with E-state index in [4.69, 9.17) is 21.4 Å². The highest BCUT2D eigenvalue weighted by molar-refractivity contribution is 6.31. The Hall–Kier alpha value is -3.17. The molecule has 1 heterocycles. The highest BCUT2D eigenvalue weighted by atomic mass is 35.5. The van der Waals surface area contributed by atoms with E-state index < -0.39 is 35.3 Å². The SMILES string of the molecule is Cc1cnc(C(O)(C(C)c2ccc(OCc3ccc(C(C)C(=O)O)cc3)cc2Cl)C(F)(F)F)cn1. The van der Waals surface area contributed by atoms with Crippen molar-refractivity contribution in [2.24, 2.45) is 0 Å². The minimum atomic E-state index is -5.04. The summed E-state index contributed by atoms with van der Waals surface area (Å²) in [5, 5.41) is 19.9. The molecule has 3 rings (SSSR count). The van der Waals surface area contributed by atoms with Gasteiger partial charge in [0.2, 0.25) is 5.60 Å². The molecule has 0 amide bonds. The Morgan fingerprint density at radius 1 is 1.09 bits per heavy atom. The average molecular weight is 509 g/mol. The second kappa shape index (κ2) is 10.2. The van der Waals surface area contributed by atoms with E-state index in [0.717, 1.165) is 18.0 Å². The van der Waals surface area contributed by atoms with E-state index in [1.54, 1.807) is 38.1 Å². The maximum Gasteiger partial charge on any atom is 0.423 e. The van der Waals surface area contributed by atoms with E-state index in [1.807, 2.05) is 0 Å². The summed E-state index contributed by atoms with van der Waals surface area (Å²) >= 11 is 6.31. The molecule has 0 spiro atoms. The van der Waals surface area contributed by atoms with E-state index in [9.17, 15) is 23.1 Å². The number of hydrogen-bond acceptors (Lipinski definition) is 5. The number of hydrogen-bond donors (Lipinski definition) is 2. The van der Waals surface area contributed by atoms with Crippen LogP contribution in [0.5, 0.6) is 5.75 Å². The third kappa shape index (κ3) is 5.57. The number of benzene rings is 2. The second-order valence-electron chi connectivity index (χ2n) is 8.30. The van der Waals surface area contributed by atoms with Crippen LogP contribution in [0, 0.1) is 6.92 Å². The summed E-state index contributed by atoms with van der Waals surface area (Å²) in [6, 6.07) is 11.1. The number of carbonyl (C=O) groups is 1. The van der Waals surface area contributed by atoms with Crippen LogP contribution in [0.25, 0.3) is 0 Å². The molecule has 0 radical (unpaired) electrons. The van der Waals surface area contributed by atoms with Crippen molar-refractivity contribution in [3.05, 3.63) is 88.0 Å². The Morgan fingerprint density at radius 2 is 1.74 bits per heavy atom. The molecule has 2 N–H and O–H groups in total. The molecule has 3 unspecified atom stereocenters. The molecule has 35 heavy (non-hydrogen) atoms. The van der Waals surface area contributed by atoms with Gasteiger partial charge in [0, 0.05) is 17.1 Å². The van der Waals surface area contributed by atoms with Crippen LogP contribution in [-0.4, -0.2) is 32.3 Å². The number of carboxylic acids is 1. The summed E-state index contributed by atoms with van der Waals surface area (Å²) in [4.78, 5) is 18.7.